The summed E-state index contributed by atoms with van der Waals surface area (Å²) in [6, 6.07) is 8.38. The van der Waals surface area contributed by atoms with Crippen molar-refractivity contribution >= 4 is 40.5 Å². The molecule has 6 nitrogen and oxygen atoms in total. The van der Waals surface area contributed by atoms with Crippen molar-refractivity contribution in [1.82, 2.24) is 9.97 Å². The van der Waals surface area contributed by atoms with Gasteiger partial charge in [0.05, 0.1) is 29.8 Å². The summed E-state index contributed by atoms with van der Waals surface area (Å²) in [4.78, 5) is 32.4. The predicted octanol–water partition coefficient (Wildman–Crippen LogP) is 3.83. The summed E-state index contributed by atoms with van der Waals surface area (Å²) in [7, 11) is 1.27. The zero-order valence-corrected chi connectivity index (χ0v) is 15.3. The van der Waals surface area contributed by atoms with E-state index in [2.05, 4.69) is 20.0 Å². The molecular weight excluding hydrogens is 374 g/mol. The molecule has 26 heavy (non-hydrogen) atoms. The number of nitrogens with zero attached hydrogens (tertiary/aromatic N) is 2. The van der Waals surface area contributed by atoms with Crippen molar-refractivity contribution in [3.05, 3.63) is 64.4 Å². The maximum Gasteiger partial charge on any atom is 0.339 e. The van der Waals surface area contributed by atoms with Gasteiger partial charge < -0.3 is 10.1 Å². The van der Waals surface area contributed by atoms with E-state index in [0.29, 0.717) is 11.4 Å². The largest absolute Gasteiger partial charge is 0.465 e. The fourth-order valence-electron chi connectivity index (χ4n) is 2.25. The third-order valence-corrected chi connectivity index (χ3v) is 4.73. The van der Waals surface area contributed by atoms with Crippen LogP contribution < -0.4 is 5.32 Å². The van der Waals surface area contributed by atoms with Gasteiger partial charge in [-0.05, 0) is 30.3 Å². The van der Waals surface area contributed by atoms with E-state index in [9.17, 15) is 9.59 Å². The zero-order chi connectivity index (χ0) is 18.5. The number of benzene rings is 1. The molecule has 8 heteroatoms. The minimum atomic E-state index is -0.563. The van der Waals surface area contributed by atoms with Crippen LogP contribution in [0.25, 0.3) is 10.6 Å². The summed E-state index contributed by atoms with van der Waals surface area (Å²) >= 11 is 7.42. The number of anilines is 1. The molecule has 0 aliphatic carbocycles. The SMILES string of the molecule is COC(=O)c1cc(NC(=O)Cc2csc(-c3cccnc3)n2)ccc1Cl. The normalized spacial score (nSPS) is 10.4. The molecular formula is C18H14ClN3O3S. The number of hydrogen-bond acceptors (Lipinski definition) is 6. The van der Waals surface area contributed by atoms with Gasteiger partial charge in [-0.1, -0.05) is 11.6 Å². The molecule has 3 aromatic rings. The zero-order valence-electron chi connectivity index (χ0n) is 13.7. The monoisotopic (exact) mass is 387 g/mol. The Morgan fingerprint density at radius 1 is 1.31 bits per heavy atom. The first-order valence-electron chi connectivity index (χ1n) is 7.59. The summed E-state index contributed by atoms with van der Waals surface area (Å²) in [5, 5.41) is 5.64. The second-order valence-electron chi connectivity index (χ2n) is 5.30. The number of carbonyl (C=O) groups is 2. The van der Waals surface area contributed by atoms with E-state index in [1.165, 1.54) is 30.6 Å². The fourth-order valence-corrected chi connectivity index (χ4v) is 3.25. The smallest absolute Gasteiger partial charge is 0.339 e. The first kappa shape index (κ1) is 18.0. The molecule has 2 heterocycles. The van der Waals surface area contributed by atoms with Crippen LogP contribution in [0.2, 0.25) is 5.02 Å². The lowest BCUT2D eigenvalue weighted by Crippen LogP contribution is -2.15. The lowest BCUT2D eigenvalue weighted by Gasteiger charge is -2.07. The molecule has 0 aliphatic heterocycles. The van der Waals surface area contributed by atoms with Crippen molar-refractivity contribution in [1.29, 1.82) is 0 Å². The molecule has 0 saturated heterocycles. The van der Waals surface area contributed by atoms with Gasteiger partial charge in [-0.3, -0.25) is 9.78 Å². The van der Waals surface area contributed by atoms with Crippen LogP contribution >= 0.6 is 22.9 Å². The van der Waals surface area contributed by atoms with Gasteiger partial charge >= 0.3 is 5.97 Å². The summed E-state index contributed by atoms with van der Waals surface area (Å²) in [5.74, 6) is -0.808. The molecule has 2 aromatic heterocycles. The van der Waals surface area contributed by atoms with E-state index in [1.807, 2.05) is 17.5 Å². The van der Waals surface area contributed by atoms with Crippen molar-refractivity contribution in [3.8, 4) is 10.6 Å². The molecule has 1 N–H and O–H groups in total. The summed E-state index contributed by atoms with van der Waals surface area (Å²) in [6.07, 6.45) is 3.54. The van der Waals surface area contributed by atoms with E-state index in [4.69, 9.17) is 11.6 Å². The van der Waals surface area contributed by atoms with Gasteiger partial charge in [0.15, 0.2) is 0 Å². The lowest BCUT2D eigenvalue weighted by molar-refractivity contribution is -0.115. The van der Waals surface area contributed by atoms with Crippen molar-refractivity contribution in [2.45, 2.75) is 6.42 Å². The molecule has 0 radical (unpaired) electrons. The molecule has 0 unspecified atom stereocenters. The van der Waals surface area contributed by atoms with Gasteiger partial charge in [0.1, 0.15) is 5.01 Å². The van der Waals surface area contributed by atoms with Crippen LogP contribution in [0.5, 0.6) is 0 Å². The third kappa shape index (κ3) is 4.25. The van der Waals surface area contributed by atoms with Gasteiger partial charge in [0.25, 0.3) is 0 Å². The van der Waals surface area contributed by atoms with Crippen LogP contribution in [-0.2, 0) is 16.0 Å². The average molecular weight is 388 g/mol. The van der Waals surface area contributed by atoms with Crippen LogP contribution in [0, 0.1) is 0 Å². The number of nitrogens with one attached hydrogen (secondary N) is 1. The molecule has 1 amide bonds. The molecule has 1 aromatic carbocycles. The second-order valence-corrected chi connectivity index (χ2v) is 6.56. The Balaban J connectivity index is 1.68. The van der Waals surface area contributed by atoms with Gasteiger partial charge in [-0.15, -0.1) is 11.3 Å². The van der Waals surface area contributed by atoms with Gasteiger partial charge in [-0.2, -0.15) is 0 Å². The number of esters is 1. The van der Waals surface area contributed by atoms with E-state index < -0.39 is 5.97 Å². The minimum Gasteiger partial charge on any atom is -0.465 e. The first-order valence-corrected chi connectivity index (χ1v) is 8.85. The number of methoxy groups -OCH3 is 1. The first-order chi connectivity index (χ1) is 12.6. The van der Waals surface area contributed by atoms with Gasteiger partial charge in [0.2, 0.25) is 5.91 Å². The van der Waals surface area contributed by atoms with Crippen molar-refractivity contribution in [2.24, 2.45) is 0 Å². The van der Waals surface area contributed by atoms with Crippen LogP contribution in [0.3, 0.4) is 0 Å². The van der Waals surface area contributed by atoms with Gasteiger partial charge in [-0.25, -0.2) is 9.78 Å². The van der Waals surface area contributed by atoms with Crippen molar-refractivity contribution < 1.29 is 14.3 Å². The number of thiazole rings is 1. The molecule has 0 saturated carbocycles. The van der Waals surface area contributed by atoms with Crippen molar-refractivity contribution in [3.63, 3.8) is 0 Å². The van der Waals surface area contributed by atoms with Crippen molar-refractivity contribution in [2.75, 3.05) is 12.4 Å². The van der Waals surface area contributed by atoms with Crippen LogP contribution in [0.15, 0.2) is 48.1 Å². The lowest BCUT2D eigenvalue weighted by atomic mass is 10.2. The second kappa shape index (κ2) is 8.07. The number of halogens is 1. The molecule has 0 spiro atoms. The fraction of sp³-hybridized carbons (Fsp3) is 0.111. The summed E-state index contributed by atoms with van der Waals surface area (Å²) in [5.41, 5.74) is 2.22. The van der Waals surface area contributed by atoms with Crippen LogP contribution in [0.1, 0.15) is 16.1 Å². The highest BCUT2D eigenvalue weighted by atomic mass is 35.5. The van der Waals surface area contributed by atoms with E-state index >= 15 is 0 Å². The quantitative estimate of drug-likeness (QED) is 0.673. The molecule has 0 fully saturated rings. The standard InChI is InChI=1S/C18H14ClN3O3S/c1-25-18(24)14-7-12(4-5-15(14)19)21-16(23)8-13-10-26-17(22-13)11-3-2-6-20-9-11/h2-7,9-10H,8H2,1H3,(H,21,23). The Morgan fingerprint density at radius 2 is 2.15 bits per heavy atom. The molecule has 0 bridgehead atoms. The average Bonchev–Trinajstić information content (AvgIpc) is 3.11. The molecule has 0 atom stereocenters. The van der Waals surface area contributed by atoms with E-state index in [0.717, 1.165) is 10.6 Å². The highest BCUT2D eigenvalue weighted by molar-refractivity contribution is 7.13. The Bertz CT molecular complexity index is 944. The minimum absolute atomic E-state index is 0.118. The number of carbonyl (C=O) groups excluding carboxylic acids is 2. The molecule has 0 aliphatic rings. The maximum atomic E-state index is 12.3. The highest BCUT2D eigenvalue weighted by Crippen LogP contribution is 2.24. The van der Waals surface area contributed by atoms with Crippen LogP contribution in [0.4, 0.5) is 5.69 Å². The number of amides is 1. The number of hydrogen-bond donors (Lipinski definition) is 1. The third-order valence-electron chi connectivity index (χ3n) is 3.46. The van der Waals surface area contributed by atoms with E-state index in [-0.39, 0.29) is 22.9 Å². The molecule has 132 valence electrons. The number of rotatable bonds is 5. The van der Waals surface area contributed by atoms with Crippen LogP contribution in [-0.4, -0.2) is 29.0 Å². The number of aromatic nitrogens is 2. The number of ether oxygens (including phenoxy) is 1. The summed E-state index contributed by atoms with van der Waals surface area (Å²) in [6.45, 7) is 0. The predicted molar refractivity (Wildman–Crippen MR) is 100 cm³/mol. The highest BCUT2D eigenvalue weighted by Gasteiger charge is 2.14. The topological polar surface area (TPSA) is 81.2 Å². The Kier molecular flexibility index (Phi) is 5.60. The van der Waals surface area contributed by atoms with E-state index in [1.54, 1.807) is 18.5 Å². The molecule has 3 rings (SSSR count). The Hall–Kier alpha value is -2.77. The van der Waals surface area contributed by atoms with Gasteiger partial charge in [0, 0.05) is 29.0 Å². The summed E-state index contributed by atoms with van der Waals surface area (Å²) < 4.78 is 4.67. The maximum absolute atomic E-state index is 12.3. The Morgan fingerprint density at radius 3 is 2.88 bits per heavy atom. The number of pyridine rings is 1. The Labute approximate surface area is 158 Å².